The van der Waals surface area contributed by atoms with Crippen molar-refractivity contribution in [3.8, 4) is 0 Å². The van der Waals surface area contributed by atoms with E-state index >= 15 is 0 Å². The molecule has 0 aromatic heterocycles. The van der Waals surface area contributed by atoms with Crippen molar-refractivity contribution < 1.29 is 9.53 Å². The molecule has 0 heterocycles. The first-order valence-electron chi connectivity index (χ1n) is 7.76. The molecule has 2 atom stereocenters. The number of hydrogen-bond acceptors (Lipinski definition) is 3. The number of alkyl carbamates (subject to hydrolysis) is 1. The third kappa shape index (κ3) is 8.18. The van der Waals surface area contributed by atoms with Gasteiger partial charge in [-0.2, -0.15) is 0 Å². The predicted molar refractivity (Wildman–Crippen MR) is 102 cm³/mol. The van der Waals surface area contributed by atoms with Crippen LogP contribution in [0.3, 0.4) is 0 Å². The summed E-state index contributed by atoms with van der Waals surface area (Å²) in [6.07, 6.45) is 0.464. The molecular formula is C17H26Br2N2O2. The maximum absolute atomic E-state index is 11.7. The van der Waals surface area contributed by atoms with Crippen LogP contribution in [0.1, 0.15) is 52.6 Å². The van der Waals surface area contributed by atoms with E-state index in [9.17, 15) is 4.79 Å². The first-order chi connectivity index (χ1) is 10.6. The molecule has 0 radical (unpaired) electrons. The van der Waals surface area contributed by atoms with Gasteiger partial charge in [-0.1, -0.05) is 37.9 Å². The minimum Gasteiger partial charge on any atom is -0.444 e. The van der Waals surface area contributed by atoms with Crippen LogP contribution in [0.4, 0.5) is 4.79 Å². The molecule has 1 aromatic carbocycles. The molecule has 0 aliphatic rings. The van der Waals surface area contributed by atoms with Gasteiger partial charge in [-0.25, -0.2) is 4.79 Å². The van der Waals surface area contributed by atoms with E-state index in [1.165, 1.54) is 5.56 Å². The number of hydrogen-bond donors (Lipinski definition) is 2. The van der Waals surface area contributed by atoms with Crippen molar-refractivity contribution in [1.82, 2.24) is 10.6 Å². The summed E-state index contributed by atoms with van der Waals surface area (Å²) in [4.78, 5) is 11.7. The van der Waals surface area contributed by atoms with Crippen molar-refractivity contribution in [3.63, 3.8) is 0 Å². The van der Waals surface area contributed by atoms with Crippen LogP contribution in [0.15, 0.2) is 27.1 Å². The molecule has 0 spiro atoms. The van der Waals surface area contributed by atoms with Gasteiger partial charge in [0.1, 0.15) is 5.60 Å². The number of carbonyl (C=O) groups is 1. The van der Waals surface area contributed by atoms with Crippen LogP contribution in [0.25, 0.3) is 0 Å². The molecule has 0 saturated carbocycles. The Morgan fingerprint density at radius 2 is 1.91 bits per heavy atom. The van der Waals surface area contributed by atoms with Crippen molar-refractivity contribution in [2.24, 2.45) is 0 Å². The molecule has 1 rings (SSSR count). The largest absolute Gasteiger partial charge is 0.444 e. The third-order valence-corrected chi connectivity index (χ3v) is 4.40. The van der Waals surface area contributed by atoms with E-state index in [1.807, 2.05) is 39.8 Å². The van der Waals surface area contributed by atoms with Crippen LogP contribution in [0.5, 0.6) is 0 Å². The lowest BCUT2D eigenvalue weighted by molar-refractivity contribution is 0.0506. The average molecular weight is 450 g/mol. The molecule has 6 heteroatoms. The Kier molecular flexibility index (Phi) is 8.04. The summed E-state index contributed by atoms with van der Waals surface area (Å²) in [5.74, 6) is 0. The second-order valence-electron chi connectivity index (χ2n) is 6.68. The van der Waals surface area contributed by atoms with Crippen molar-refractivity contribution in [2.45, 2.75) is 58.7 Å². The van der Waals surface area contributed by atoms with Gasteiger partial charge in [-0.15, -0.1) is 0 Å². The Bertz CT molecular complexity index is 530. The van der Waals surface area contributed by atoms with Crippen molar-refractivity contribution in [2.75, 3.05) is 6.54 Å². The molecule has 2 unspecified atom stereocenters. The normalized spacial score (nSPS) is 14.2. The number of carbonyl (C=O) groups excluding carboxylic acids is 1. The van der Waals surface area contributed by atoms with Gasteiger partial charge in [0, 0.05) is 21.0 Å². The molecule has 1 amide bonds. The van der Waals surface area contributed by atoms with Gasteiger partial charge in [0.15, 0.2) is 0 Å². The topological polar surface area (TPSA) is 50.4 Å². The summed E-state index contributed by atoms with van der Waals surface area (Å²) in [5.41, 5.74) is 0.741. The smallest absolute Gasteiger partial charge is 0.407 e. The summed E-state index contributed by atoms with van der Waals surface area (Å²) in [7, 11) is 0. The highest BCUT2D eigenvalue weighted by molar-refractivity contribution is 9.11. The number of benzene rings is 1. The standard InChI is InChI=1S/C17H26Br2N2O2/c1-11(21-16(22)23-17(3,4)5)8-9-20-12(2)14-7-6-13(18)10-15(14)19/h6-7,10-12,20H,8-9H2,1-5H3,(H,21,22). The lowest BCUT2D eigenvalue weighted by atomic mass is 10.1. The molecule has 2 N–H and O–H groups in total. The zero-order valence-corrected chi connectivity index (χ0v) is 17.5. The van der Waals surface area contributed by atoms with Crippen LogP contribution < -0.4 is 10.6 Å². The number of halogens is 2. The Balaban J connectivity index is 2.37. The Morgan fingerprint density at radius 3 is 2.48 bits per heavy atom. The summed E-state index contributed by atoms with van der Waals surface area (Å²) in [5, 5.41) is 6.33. The first kappa shape index (κ1) is 20.5. The molecular weight excluding hydrogens is 424 g/mol. The van der Waals surface area contributed by atoms with Gasteiger partial charge < -0.3 is 15.4 Å². The predicted octanol–water partition coefficient (Wildman–Crippen LogP) is 5.17. The lowest BCUT2D eigenvalue weighted by Gasteiger charge is -2.22. The molecule has 0 aliphatic heterocycles. The number of amides is 1. The van der Waals surface area contributed by atoms with E-state index in [1.54, 1.807) is 0 Å². The number of ether oxygens (including phenoxy) is 1. The summed E-state index contributed by atoms with van der Waals surface area (Å²) in [6, 6.07) is 6.45. The lowest BCUT2D eigenvalue weighted by Crippen LogP contribution is -2.39. The second-order valence-corrected chi connectivity index (χ2v) is 8.45. The van der Waals surface area contributed by atoms with Crippen LogP contribution in [0.2, 0.25) is 0 Å². The van der Waals surface area contributed by atoms with Crippen LogP contribution in [-0.4, -0.2) is 24.3 Å². The van der Waals surface area contributed by atoms with E-state index in [-0.39, 0.29) is 18.2 Å². The van der Waals surface area contributed by atoms with Gasteiger partial charge >= 0.3 is 6.09 Å². The molecule has 1 aromatic rings. The molecule has 4 nitrogen and oxygen atoms in total. The van der Waals surface area contributed by atoms with Crippen molar-refractivity contribution >= 4 is 38.0 Å². The van der Waals surface area contributed by atoms with Gasteiger partial charge in [0.05, 0.1) is 0 Å². The fraction of sp³-hybridized carbons (Fsp3) is 0.588. The van der Waals surface area contributed by atoms with Gasteiger partial charge in [-0.3, -0.25) is 0 Å². The molecule has 130 valence electrons. The molecule has 0 saturated heterocycles. The molecule has 0 aliphatic carbocycles. The van der Waals surface area contributed by atoms with Crippen LogP contribution in [-0.2, 0) is 4.74 Å². The first-order valence-corrected chi connectivity index (χ1v) is 9.35. The van der Waals surface area contributed by atoms with Gasteiger partial charge in [-0.05, 0) is 65.3 Å². The zero-order chi connectivity index (χ0) is 17.6. The highest BCUT2D eigenvalue weighted by Crippen LogP contribution is 2.26. The Morgan fingerprint density at radius 1 is 1.26 bits per heavy atom. The van der Waals surface area contributed by atoms with Crippen LogP contribution in [0, 0.1) is 0 Å². The minimum absolute atomic E-state index is 0.0536. The van der Waals surface area contributed by atoms with E-state index < -0.39 is 5.60 Å². The fourth-order valence-corrected chi connectivity index (χ4v) is 3.45. The van der Waals surface area contributed by atoms with E-state index in [4.69, 9.17) is 4.74 Å². The third-order valence-electron chi connectivity index (χ3n) is 3.22. The summed E-state index contributed by atoms with van der Waals surface area (Å²) >= 11 is 7.04. The van der Waals surface area contributed by atoms with E-state index in [0.717, 1.165) is 21.9 Å². The Labute approximate surface area is 156 Å². The van der Waals surface area contributed by atoms with E-state index in [2.05, 4.69) is 55.5 Å². The molecule has 0 bridgehead atoms. The fourth-order valence-electron chi connectivity index (χ4n) is 2.06. The molecule has 23 heavy (non-hydrogen) atoms. The highest BCUT2D eigenvalue weighted by atomic mass is 79.9. The number of nitrogens with one attached hydrogen (secondary N) is 2. The highest BCUT2D eigenvalue weighted by Gasteiger charge is 2.17. The SMILES string of the molecule is CC(CCNC(C)c1ccc(Br)cc1Br)NC(=O)OC(C)(C)C. The second kappa shape index (κ2) is 9.04. The van der Waals surface area contributed by atoms with Gasteiger partial charge in [0.2, 0.25) is 0 Å². The van der Waals surface area contributed by atoms with E-state index in [0.29, 0.717) is 0 Å². The van der Waals surface area contributed by atoms with Gasteiger partial charge in [0.25, 0.3) is 0 Å². The summed E-state index contributed by atoms with van der Waals surface area (Å²) in [6.45, 7) is 10.5. The Hall–Kier alpha value is -0.590. The van der Waals surface area contributed by atoms with Crippen LogP contribution >= 0.6 is 31.9 Å². The summed E-state index contributed by atoms with van der Waals surface area (Å²) < 4.78 is 7.38. The maximum Gasteiger partial charge on any atom is 0.407 e. The monoisotopic (exact) mass is 448 g/mol. The minimum atomic E-state index is -0.468. The molecule has 0 fully saturated rings. The number of rotatable bonds is 6. The zero-order valence-electron chi connectivity index (χ0n) is 14.4. The quantitative estimate of drug-likeness (QED) is 0.630. The van der Waals surface area contributed by atoms with Crippen molar-refractivity contribution in [1.29, 1.82) is 0 Å². The average Bonchev–Trinajstić information content (AvgIpc) is 2.35. The van der Waals surface area contributed by atoms with Crippen molar-refractivity contribution in [3.05, 3.63) is 32.7 Å². The maximum atomic E-state index is 11.7.